The molecule has 31 heavy (non-hydrogen) atoms. The van der Waals surface area contributed by atoms with Crippen molar-refractivity contribution in [3.63, 3.8) is 0 Å². The molecule has 2 aromatic carbocycles. The zero-order chi connectivity index (χ0) is 21.5. The van der Waals surface area contributed by atoms with Crippen molar-refractivity contribution in [1.29, 1.82) is 0 Å². The van der Waals surface area contributed by atoms with Gasteiger partial charge in [0.05, 0.1) is 6.10 Å². The number of nitrogens with one attached hydrogen (secondary N) is 1. The third kappa shape index (κ3) is 6.08. The molecule has 166 valence electrons. The number of β-amino-alcohol motifs (C(OH)–C–C–N with tert-alkyl or cyclic N) is 1. The van der Waals surface area contributed by atoms with Crippen LogP contribution in [0.2, 0.25) is 0 Å². The molecule has 2 aromatic rings. The Morgan fingerprint density at radius 3 is 2.65 bits per heavy atom. The molecule has 5 nitrogen and oxygen atoms in total. The van der Waals surface area contributed by atoms with E-state index in [4.69, 9.17) is 4.74 Å². The number of hydrogen-bond donors (Lipinski definition) is 2. The molecule has 1 atom stereocenters. The van der Waals surface area contributed by atoms with E-state index in [-0.39, 0.29) is 19.1 Å². The summed E-state index contributed by atoms with van der Waals surface area (Å²) in [6.07, 6.45) is 6.64. The Morgan fingerprint density at radius 2 is 1.81 bits per heavy atom. The van der Waals surface area contributed by atoms with Crippen LogP contribution in [0.15, 0.2) is 48.5 Å². The second-order valence-electron chi connectivity index (χ2n) is 8.87. The molecule has 0 radical (unpaired) electrons. The zero-order valence-corrected chi connectivity index (χ0v) is 18.3. The molecule has 1 unspecified atom stereocenters. The van der Waals surface area contributed by atoms with Crippen LogP contribution >= 0.6 is 0 Å². The number of aliphatic hydroxyl groups excluding tert-OH is 1. The summed E-state index contributed by atoms with van der Waals surface area (Å²) in [6.45, 7) is 2.56. The van der Waals surface area contributed by atoms with E-state index in [1.807, 2.05) is 18.2 Å². The van der Waals surface area contributed by atoms with Crippen molar-refractivity contribution in [1.82, 2.24) is 10.2 Å². The monoisotopic (exact) mass is 422 g/mol. The lowest BCUT2D eigenvalue weighted by Gasteiger charge is -2.30. The van der Waals surface area contributed by atoms with Crippen LogP contribution in [0.1, 0.15) is 54.7 Å². The number of fused-ring (bicyclic) bond motifs is 1. The number of hydrogen-bond acceptors (Lipinski definition) is 4. The first-order chi connectivity index (χ1) is 15.2. The van der Waals surface area contributed by atoms with Crippen molar-refractivity contribution >= 4 is 5.91 Å². The largest absolute Gasteiger partial charge is 0.483 e. The van der Waals surface area contributed by atoms with Gasteiger partial charge in [-0.15, -0.1) is 0 Å². The highest BCUT2D eigenvalue weighted by atomic mass is 16.5. The van der Waals surface area contributed by atoms with Crippen LogP contribution in [0.4, 0.5) is 0 Å². The maximum absolute atomic E-state index is 12.3. The van der Waals surface area contributed by atoms with Gasteiger partial charge >= 0.3 is 0 Å². The Balaban J connectivity index is 1.20. The predicted molar refractivity (Wildman–Crippen MR) is 122 cm³/mol. The average Bonchev–Trinajstić information content (AvgIpc) is 2.82. The standard InChI is InChI=1S/C26H34N2O3/c29-23(18-28-15-14-20-8-4-5-11-22(20)17-28)16-27-26(30)19-31-25-13-7-6-12-24(25)21-9-2-1-3-10-21/h4-8,11-13,21,23,29H,1-3,9-10,14-19H2,(H,27,30). The first-order valence-electron chi connectivity index (χ1n) is 11.6. The van der Waals surface area contributed by atoms with E-state index in [9.17, 15) is 9.90 Å². The second kappa shape index (κ2) is 10.8. The Morgan fingerprint density at radius 1 is 1.06 bits per heavy atom. The Kier molecular flexibility index (Phi) is 7.60. The molecule has 0 aromatic heterocycles. The van der Waals surface area contributed by atoms with Crippen LogP contribution in [0.25, 0.3) is 0 Å². The van der Waals surface area contributed by atoms with Crippen molar-refractivity contribution < 1.29 is 14.6 Å². The van der Waals surface area contributed by atoms with Crippen molar-refractivity contribution in [3.05, 3.63) is 65.2 Å². The van der Waals surface area contributed by atoms with Crippen molar-refractivity contribution in [2.75, 3.05) is 26.2 Å². The van der Waals surface area contributed by atoms with Crippen LogP contribution in [-0.2, 0) is 17.8 Å². The summed E-state index contributed by atoms with van der Waals surface area (Å²) in [5.74, 6) is 1.16. The van der Waals surface area contributed by atoms with Crippen molar-refractivity contribution in [3.8, 4) is 5.75 Å². The molecule has 0 spiro atoms. The SMILES string of the molecule is O=C(COc1ccccc1C1CCCCC1)NCC(O)CN1CCc2ccccc2C1. The fourth-order valence-corrected chi connectivity index (χ4v) is 4.86. The normalized spacial score (nSPS) is 18.2. The summed E-state index contributed by atoms with van der Waals surface area (Å²) in [7, 11) is 0. The zero-order valence-electron chi connectivity index (χ0n) is 18.3. The van der Waals surface area contributed by atoms with E-state index >= 15 is 0 Å². The molecule has 1 aliphatic carbocycles. The van der Waals surface area contributed by atoms with Gasteiger partial charge in [-0.05, 0) is 47.9 Å². The number of nitrogens with zero attached hydrogens (tertiary/aromatic N) is 1. The summed E-state index contributed by atoms with van der Waals surface area (Å²) in [5, 5.41) is 13.2. The van der Waals surface area contributed by atoms with Crippen LogP contribution in [0.3, 0.4) is 0 Å². The first-order valence-corrected chi connectivity index (χ1v) is 11.6. The lowest BCUT2D eigenvalue weighted by molar-refractivity contribution is -0.123. The van der Waals surface area contributed by atoms with Gasteiger partial charge in [0.15, 0.2) is 6.61 Å². The molecule has 1 fully saturated rings. The highest BCUT2D eigenvalue weighted by molar-refractivity contribution is 5.77. The van der Waals surface area contributed by atoms with Crippen molar-refractivity contribution in [2.24, 2.45) is 0 Å². The Hall–Kier alpha value is -2.37. The molecule has 2 N–H and O–H groups in total. The fraction of sp³-hybridized carbons (Fsp3) is 0.500. The van der Waals surface area contributed by atoms with Gasteiger partial charge in [-0.2, -0.15) is 0 Å². The van der Waals surface area contributed by atoms with Gasteiger partial charge in [0.2, 0.25) is 0 Å². The minimum atomic E-state index is -0.594. The minimum Gasteiger partial charge on any atom is -0.483 e. The van der Waals surface area contributed by atoms with E-state index in [0.29, 0.717) is 12.5 Å². The maximum Gasteiger partial charge on any atom is 0.258 e. The fourth-order valence-electron chi connectivity index (χ4n) is 4.86. The third-order valence-corrected chi connectivity index (χ3v) is 6.54. The molecule has 1 amide bonds. The molecular formula is C26H34N2O3. The number of carbonyl (C=O) groups is 1. The molecule has 2 aliphatic rings. The maximum atomic E-state index is 12.3. The van der Waals surface area contributed by atoms with E-state index in [0.717, 1.165) is 25.3 Å². The smallest absolute Gasteiger partial charge is 0.258 e. The number of amides is 1. The van der Waals surface area contributed by atoms with Gasteiger partial charge in [0.25, 0.3) is 5.91 Å². The number of benzene rings is 2. The molecule has 1 heterocycles. The number of rotatable bonds is 8. The molecule has 1 aliphatic heterocycles. The third-order valence-electron chi connectivity index (χ3n) is 6.54. The molecule has 5 heteroatoms. The summed E-state index contributed by atoms with van der Waals surface area (Å²) in [4.78, 5) is 14.5. The van der Waals surface area contributed by atoms with Gasteiger partial charge in [0.1, 0.15) is 5.75 Å². The molecule has 0 saturated heterocycles. The van der Waals surface area contributed by atoms with E-state index in [1.165, 1.54) is 48.8 Å². The summed E-state index contributed by atoms with van der Waals surface area (Å²) in [5.41, 5.74) is 3.95. The van der Waals surface area contributed by atoms with Crippen LogP contribution in [0.5, 0.6) is 5.75 Å². The summed E-state index contributed by atoms with van der Waals surface area (Å²) < 4.78 is 5.87. The summed E-state index contributed by atoms with van der Waals surface area (Å²) >= 11 is 0. The molecule has 4 rings (SSSR count). The van der Waals surface area contributed by atoms with E-state index in [1.54, 1.807) is 0 Å². The van der Waals surface area contributed by atoms with Crippen LogP contribution in [-0.4, -0.2) is 48.3 Å². The lowest BCUT2D eigenvalue weighted by Crippen LogP contribution is -2.42. The van der Waals surface area contributed by atoms with Crippen LogP contribution < -0.4 is 10.1 Å². The second-order valence-corrected chi connectivity index (χ2v) is 8.87. The number of para-hydroxylation sites is 1. The van der Waals surface area contributed by atoms with E-state index < -0.39 is 6.10 Å². The summed E-state index contributed by atoms with van der Waals surface area (Å²) in [6, 6.07) is 16.6. The molecular weight excluding hydrogens is 388 g/mol. The number of aliphatic hydroxyl groups is 1. The highest BCUT2D eigenvalue weighted by Gasteiger charge is 2.20. The quantitative estimate of drug-likeness (QED) is 0.682. The first kappa shape index (κ1) is 21.8. The molecule has 1 saturated carbocycles. The number of carbonyl (C=O) groups excluding carboxylic acids is 1. The van der Waals surface area contributed by atoms with Crippen molar-refractivity contribution in [2.45, 2.75) is 57.1 Å². The van der Waals surface area contributed by atoms with Gasteiger partial charge in [-0.3, -0.25) is 9.69 Å². The predicted octanol–water partition coefficient (Wildman–Crippen LogP) is 3.65. The van der Waals surface area contributed by atoms with E-state index in [2.05, 4.69) is 40.5 Å². The minimum absolute atomic E-state index is 0.0203. The highest BCUT2D eigenvalue weighted by Crippen LogP contribution is 2.37. The van der Waals surface area contributed by atoms with Crippen LogP contribution in [0, 0.1) is 0 Å². The van der Waals surface area contributed by atoms with Gasteiger partial charge < -0.3 is 15.2 Å². The lowest BCUT2D eigenvalue weighted by atomic mass is 9.84. The van der Waals surface area contributed by atoms with Gasteiger partial charge in [-0.1, -0.05) is 61.7 Å². The molecule has 0 bridgehead atoms. The Bertz CT molecular complexity index is 863. The van der Waals surface area contributed by atoms with Gasteiger partial charge in [-0.25, -0.2) is 0 Å². The Labute approximate surface area is 185 Å². The van der Waals surface area contributed by atoms with Gasteiger partial charge in [0, 0.05) is 26.2 Å². The average molecular weight is 423 g/mol. The number of ether oxygens (including phenoxy) is 1. The topological polar surface area (TPSA) is 61.8 Å².